The van der Waals surface area contributed by atoms with E-state index in [1.807, 2.05) is 18.2 Å². The van der Waals surface area contributed by atoms with Gasteiger partial charge in [-0.15, -0.1) is 0 Å². The molecule has 17 heavy (non-hydrogen) atoms. The van der Waals surface area contributed by atoms with E-state index < -0.39 is 0 Å². The smallest absolute Gasteiger partial charge is 0.213 e. The highest BCUT2D eigenvalue weighted by molar-refractivity contribution is 5.43. The molecule has 1 N–H and O–H groups in total. The first-order chi connectivity index (χ1) is 8.29. The first-order valence-electron chi connectivity index (χ1n) is 5.58. The number of nitrogens with zero attached hydrogens (tertiary/aromatic N) is 1. The van der Waals surface area contributed by atoms with Crippen LogP contribution in [0.3, 0.4) is 0 Å². The lowest BCUT2D eigenvalue weighted by Crippen LogP contribution is -2.01. The Kier molecular flexibility index (Phi) is 3.60. The Morgan fingerprint density at radius 2 is 2.00 bits per heavy atom. The molecule has 2 rings (SSSR count). The summed E-state index contributed by atoms with van der Waals surface area (Å²) >= 11 is 0. The van der Waals surface area contributed by atoms with Crippen molar-refractivity contribution in [3.8, 4) is 5.88 Å². The van der Waals surface area contributed by atoms with Crippen LogP contribution in [0.15, 0.2) is 42.6 Å². The molecule has 1 heterocycles. The zero-order valence-corrected chi connectivity index (χ0v) is 10.1. The third-order valence-electron chi connectivity index (χ3n) is 2.69. The summed E-state index contributed by atoms with van der Waals surface area (Å²) in [4.78, 5) is 4.15. The van der Waals surface area contributed by atoms with E-state index >= 15 is 0 Å². The Bertz CT molecular complexity index is 480. The van der Waals surface area contributed by atoms with Crippen molar-refractivity contribution in [1.82, 2.24) is 4.98 Å². The summed E-state index contributed by atoms with van der Waals surface area (Å²) in [6, 6.07) is 12.1. The van der Waals surface area contributed by atoms with Gasteiger partial charge in [-0.05, 0) is 24.1 Å². The van der Waals surface area contributed by atoms with Gasteiger partial charge in [0, 0.05) is 12.6 Å². The molecule has 0 aliphatic heterocycles. The van der Waals surface area contributed by atoms with Crippen LogP contribution in [-0.4, -0.2) is 12.1 Å². The van der Waals surface area contributed by atoms with Gasteiger partial charge in [-0.1, -0.05) is 24.3 Å². The summed E-state index contributed by atoms with van der Waals surface area (Å²) < 4.78 is 5.01. The van der Waals surface area contributed by atoms with Gasteiger partial charge < -0.3 is 10.1 Å². The average Bonchev–Trinajstić information content (AvgIpc) is 2.38. The number of pyridine rings is 1. The van der Waals surface area contributed by atoms with Gasteiger partial charge >= 0.3 is 0 Å². The summed E-state index contributed by atoms with van der Waals surface area (Å²) in [6.07, 6.45) is 1.77. The number of hydrogen-bond donors (Lipinski definition) is 1. The second-order valence-corrected chi connectivity index (χ2v) is 3.87. The molecule has 3 nitrogen and oxygen atoms in total. The van der Waals surface area contributed by atoms with Crippen molar-refractivity contribution in [2.45, 2.75) is 13.5 Å². The summed E-state index contributed by atoms with van der Waals surface area (Å²) in [5, 5.41) is 3.34. The first kappa shape index (κ1) is 11.5. The molecule has 0 aliphatic rings. The van der Waals surface area contributed by atoms with Gasteiger partial charge in [0.25, 0.3) is 0 Å². The third-order valence-corrected chi connectivity index (χ3v) is 2.69. The van der Waals surface area contributed by atoms with E-state index in [1.165, 1.54) is 11.1 Å². The Labute approximate surface area is 101 Å². The Hall–Kier alpha value is -2.03. The molecule has 0 radical (unpaired) electrons. The first-order valence-corrected chi connectivity index (χ1v) is 5.58. The highest BCUT2D eigenvalue weighted by atomic mass is 16.5. The van der Waals surface area contributed by atoms with Gasteiger partial charge in [-0.25, -0.2) is 4.98 Å². The molecule has 1 aromatic carbocycles. The zero-order valence-electron chi connectivity index (χ0n) is 10.1. The molecular formula is C14H16N2O. The summed E-state index contributed by atoms with van der Waals surface area (Å²) in [7, 11) is 1.61. The average molecular weight is 228 g/mol. The van der Waals surface area contributed by atoms with Crippen LogP contribution in [0, 0.1) is 6.92 Å². The predicted molar refractivity (Wildman–Crippen MR) is 69.3 cm³/mol. The number of methoxy groups -OCH3 is 1. The topological polar surface area (TPSA) is 34.1 Å². The van der Waals surface area contributed by atoms with Crippen LogP contribution in [0.25, 0.3) is 0 Å². The molecule has 0 aliphatic carbocycles. The molecule has 0 fully saturated rings. The third kappa shape index (κ3) is 2.97. The van der Waals surface area contributed by atoms with Crippen molar-refractivity contribution in [2.75, 3.05) is 12.4 Å². The zero-order chi connectivity index (χ0) is 12.1. The number of benzene rings is 1. The second kappa shape index (κ2) is 5.34. The number of nitrogens with one attached hydrogen (secondary N) is 1. The maximum atomic E-state index is 5.01. The Balaban J connectivity index is 2.00. The molecule has 0 saturated carbocycles. The van der Waals surface area contributed by atoms with Crippen molar-refractivity contribution in [2.24, 2.45) is 0 Å². The highest BCUT2D eigenvalue weighted by Gasteiger charge is 1.98. The molecule has 3 heteroatoms. The molecular weight excluding hydrogens is 212 g/mol. The maximum Gasteiger partial charge on any atom is 0.213 e. The number of rotatable bonds is 4. The van der Waals surface area contributed by atoms with Gasteiger partial charge in [0.1, 0.15) is 0 Å². The molecule has 2 aromatic rings. The fourth-order valence-electron chi connectivity index (χ4n) is 1.61. The van der Waals surface area contributed by atoms with Crippen molar-refractivity contribution < 1.29 is 4.74 Å². The molecule has 1 aromatic heterocycles. The molecule has 0 saturated heterocycles. The van der Waals surface area contributed by atoms with Crippen LogP contribution in [-0.2, 0) is 6.54 Å². The standard InChI is InChI=1S/C14H16N2O/c1-11-5-3-4-6-12(11)9-15-13-7-8-14(17-2)16-10-13/h3-8,10,15H,9H2,1-2H3. The van der Waals surface area contributed by atoms with E-state index in [0.29, 0.717) is 5.88 Å². The largest absolute Gasteiger partial charge is 0.481 e. The molecule has 0 amide bonds. The molecule has 0 unspecified atom stereocenters. The minimum atomic E-state index is 0.631. The molecule has 0 spiro atoms. The van der Waals surface area contributed by atoms with Gasteiger partial charge in [0.15, 0.2) is 0 Å². The minimum absolute atomic E-state index is 0.631. The van der Waals surface area contributed by atoms with E-state index in [9.17, 15) is 0 Å². The number of ether oxygens (including phenoxy) is 1. The quantitative estimate of drug-likeness (QED) is 0.873. The van der Waals surface area contributed by atoms with Gasteiger partial charge in [-0.3, -0.25) is 0 Å². The fourth-order valence-corrected chi connectivity index (χ4v) is 1.61. The van der Waals surface area contributed by atoms with Crippen molar-refractivity contribution in [3.63, 3.8) is 0 Å². The number of aromatic nitrogens is 1. The number of aryl methyl sites for hydroxylation is 1. The van der Waals surface area contributed by atoms with Crippen LogP contribution in [0.1, 0.15) is 11.1 Å². The monoisotopic (exact) mass is 228 g/mol. The molecule has 88 valence electrons. The van der Waals surface area contributed by atoms with E-state index in [2.05, 4.69) is 35.4 Å². The summed E-state index contributed by atoms with van der Waals surface area (Å²) in [5.41, 5.74) is 3.58. The second-order valence-electron chi connectivity index (χ2n) is 3.87. The normalized spacial score (nSPS) is 10.0. The lowest BCUT2D eigenvalue weighted by molar-refractivity contribution is 0.398. The van der Waals surface area contributed by atoms with E-state index in [4.69, 9.17) is 4.74 Å². The SMILES string of the molecule is COc1ccc(NCc2ccccc2C)cn1. The fraction of sp³-hybridized carbons (Fsp3) is 0.214. The van der Waals surface area contributed by atoms with Crippen molar-refractivity contribution in [3.05, 3.63) is 53.7 Å². The molecule has 0 atom stereocenters. The van der Waals surface area contributed by atoms with E-state index in [1.54, 1.807) is 13.3 Å². The van der Waals surface area contributed by atoms with E-state index in [-0.39, 0.29) is 0 Å². The molecule has 0 bridgehead atoms. The lowest BCUT2D eigenvalue weighted by Gasteiger charge is -2.08. The van der Waals surface area contributed by atoms with Crippen molar-refractivity contribution in [1.29, 1.82) is 0 Å². The lowest BCUT2D eigenvalue weighted by atomic mass is 10.1. The Morgan fingerprint density at radius 3 is 2.65 bits per heavy atom. The van der Waals surface area contributed by atoms with Gasteiger partial charge in [0.05, 0.1) is 19.0 Å². The van der Waals surface area contributed by atoms with E-state index in [0.717, 1.165) is 12.2 Å². The van der Waals surface area contributed by atoms with Gasteiger partial charge in [0.2, 0.25) is 5.88 Å². The maximum absolute atomic E-state index is 5.01. The van der Waals surface area contributed by atoms with Crippen molar-refractivity contribution >= 4 is 5.69 Å². The van der Waals surface area contributed by atoms with Crippen LogP contribution in [0.4, 0.5) is 5.69 Å². The predicted octanol–water partition coefficient (Wildman–Crippen LogP) is 3.01. The summed E-state index contributed by atoms with van der Waals surface area (Å²) in [6.45, 7) is 2.92. The Morgan fingerprint density at radius 1 is 1.18 bits per heavy atom. The highest BCUT2D eigenvalue weighted by Crippen LogP contribution is 2.13. The van der Waals surface area contributed by atoms with Crippen LogP contribution >= 0.6 is 0 Å². The minimum Gasteiger partial charge on any atom is -0.481 e. The number of anilines is 1. The number of hydrogen-bond acceptors (Lipinski definition) is 3. The van der Waals surface area contributed by atoms with Crippen LogP contribution in [0.5, 0.6) is 5.88 Å². The van der Waals surface area contributed by atoms with Gasteiger partial charge in [-0.2, -0.15) is 0 Å². The summed E-state index contributed by atoms with van der Waals surface area (Å²) in [5.74, 6) is 0.631. The van der Waals surface area contributed by atoms with Crippen LogP contribution < -0.4 is 10.1 Å². The van der Waals surface area contributed by atoms with Crippen LogP contribution in [0.2, 0.25) is 0 Å².